The molecule has 0 saturated carbocycles. The van der Waals surface area contributed by atoms with Crippen molar-refractivity contribution in [2.45, 2.75) is 24.7 Å². The fourth-order valence-electron chi connectivity index (χ4n) is 5.69. The Morgan fingerprint density at radius 3 is 2.30 bits per heavy atom. The van der Waals surface area contributed by atoms with Gasteiger partial charge in [-0.15, -0.1) is 0 Å². The fourth-order valence-corrected chi connectivity index (χ4v) is 5.69. The first-order valence-electron chi connectivity index (χ1n) is 12.5. The molecule has 3 aliphatic rings. The van der Waals surface area contributed by atoms with Crippen LogP contribution < -0.4 is 0 Å². The Balaban J connectivity index is 1.35. The minimum atomic E-state index is -0.922. The molecule has 3 atom stereocenters. The van der Waals surface area contributed by atoms with E-state index < -0.39 is 5.72 Å². The lowest BCUT2D eigenvalue weighted by Gasteiger charge is -2.36. The van der Waals surface area contributed by atoms with E-state index in [1.165, 1.54) is 0 Å². The van der Waals surface area contributed by atoms with Gasteiger partial charge in [0.2, 0.25) is 5.90 Å². The minimum absolute atomic E-state index is 0.0739. The largest absolute Gasteiger partial charge is 0.474 e. The highest BCUT2D eigenvalue weighted by atomic mass is 16.5. The zero-order valence-electron chi connectivity index (χ0n) is 20.4. The molecule has 0 bridgehead atoms. The molecule has 0 unspecified atom stereocenters. The molecule has 7 rings (SSSR count). The monoisotopic (exact) mass is 487 g/mol. The van der Waals surface area contributed by atoms with Crippen molar-refractivity contribution in [3.63, 3.8) is 0 Å². The molecule has 6 heteroatoms. The van der Waals surface area contributed by atoms with E-state index in [2.05, 4.69) is 12.1 Å². The van der Waals surface area contributed by atoms with Crippen LogP contribution in [0.15, 0.2) is 102 Å². The summed E-state index contributed by atoms with van der Waals surface area (Å²) in [5, 5.41) is 0. The van der Waals surface area contributed by atoms with E-state index in [9.17, 15) is 4.79 Å². The Labute approximate surface area is 215 Å². The lowest BCUT2D eigenvalue weighted by Crippen LogP contribution is -2.44. The van der Waals surface area contributed by atoms with Gasteiger partial charge in [-0.25, -0.2) is 9.98 Å². The lowest BCUT2D eigenvalue weighted by molar-refractivity contribution is -0.0598. The number of aliphatic imine (C=N–C) groups is 1. The summed E-state index contributed by atoms with van der Waals surface area (Å²) in [6.07, 6.45) is 0. The van der Waals surface area contributed by atoms with Crippen molar-refractivity contribution in [3.8, 4) is 11.3 Å². The van der Waals surface area contributed by atoms with Gasteiger partial charge < -0.3 is 9.47 Å². The van der Waals surface area contributed by atoms with E-state index in [4.69, 9.17) is 19.5 Å². The van der Waals surface area contributed by atoms with E-state index in [-0.39, 0.29) is 18.0 Å². The van der Waals surface area contributed by atoms with Crippen LogP contribution in [0.4, 0.5) is 0 Å². The summed E-state index contributed by atoms with van der Waals surface area (Å²) < 4.78 is 12.4. The highest BCUT2D eigenvalue weighted by molar-refractivity contribution is 6.04. The number of nitrogens with zero attached hydrogens (tertiary/aromatic N) is 3. The van der Waals surface area contributed by atoms with E-state index in [0.29, 0.717) is 36.1 Å². The van der Waals surface area contributed by atoms with Gasteiger partial charge in [-0.05, 0) is 30.2 Å². The molecule has 37 heavy (non-hydrogen) atoms. The van der Waals surface area contributed by atoms with Crippen molar-refractivity contribution >= 4 is 11.8 Å². The smallest absolute Gasteiger partial charge is 0.259 e. The molecule has 1 aromatic heterocycles. The predicted molar refractivity (Wildman–Crippen MR) is 140 cm³/mol. The standard InChI is InChI=1S/C31H25N3O3/c1-31-24-15-9-8-14-22(24)28-23(30(35)34(31)27(19-37-31)21-12-6-3-7-13-21)16-17-25(32-28)29-33-26(18-36-29)20-10-4-2-5-11-20/h2-17,26-27H,18-19H2,1H3/t26-,27-,31-/m0/s1. The second-order valence-corrected chi connectivity index (χ2v) is 9.71. The fraction of sp³-hybridized carbons (Fsp3) is 0.194. The third-order valence-electron chi connectivity index (χ3n) is 7.56. The maximum atomic E-state index is 14.2. The van der Waals surface area contributed by atoms with Gasteiger partial charge in [0.05, 0.1) is 23.9 Å². The van der Waals surface area contributed by atoms with Crippen LogP contribution in [0.5, 0.6) is 0 Å². The second kappa shape index (κ2) is 8.39. The number of fused-ring (bicyclic) bond motifs is 5. The third-order valence-corrected chi connectivity index (χ3v) is 7.56. The van der Waals surface area contributed by atoms with Crippen LogP contribution in [0.25, 0.3) is 11.3 Å². The van der Waals surface area contributed by atoms with E-state index >= 15 is 0 Å². The zero-order chi connectivity index (χ0) is 25.0. The highest BCUT2D eigenvalue weighted by Crippen LogP contribution is 2.49. The van der Waals surface area contributed by atoms with Crippen LogP contribution in [0.3, 0.4) is 0 Å². The van der Waals surface area contributed by atoms with E-state index in [1.807, 2.05) is 96.8 Å². The Morgan fingerprint density at radius 2 is 1.51 bits per heavy atom. The van der Waals surface area contributed by atoms with Gasteiger partial charge in [-0.2, -0.15) is 0 Å². The average molecular weight is 488 g/mol. The molecule has 6 nitrogen and oxygen atoms in total. The van der Waals surface area contributed by atoms with Crippen LogP contribution in [-0.2, 0) is 15.2 Å². The Hall–Kier alpha value is -4.29. The summed E-state index contributed by atoms with van der Waals surface area (Å²) in [7, 11) is 0. The molecule has 1 fully saturated rings. The predicted octanol–water partition coefficient (Wildman–Crippen LogP) is 5.67. The van der Waals surface area contributed by atoms with Gasteiger partial charge in [0.15, 0.2) is 5.72 Å². The number of benzene rings is 3. The van der Waals surface area contributed by atoms with Crippen LogP contribution in [0, 0.1) is 0 Å². The van der Waals surface area contributed by atoms with Crippen molar-refractivity contribution in [2.75, 3.05) is 13.2 Å². The number of carbonyl (C=O) groups is 1. The molecule has 3 aliphatic heterocycles. The normalized spacial score (nSPS) is 24.0. The maximum Gasteiger partial charge on any atom is 0.259 e. The molecule has 4 aromatic rings. The van der Waals surface area contributed by atoms with Crippen molar-refractivity contribution < 1.29 is 14.3 Å². The van der Waals surface area contributed by atoms with Gasteiger partial charge >= 0.3 is 0 Å². The van der Waals surface area contributed by atoms with Crippen LogP contribution in [0.1, 0.15) is 51.7 Å². The number of hydrogen-bond donors (Lipinski definition) is 0. The molecule has 0 aliphatic carbocycles. The Kier molecular flexibility index (Phi) is 4.98. The summed E-state index contributed by atoms with van der Waals surface area (Å²) in [6.45, 7) is 2.87. The topological polar surface area (TPSA) is 64.0 Å². The molecular formula is C31H25N3O3. The summed E-state index contributed by atoms with van der Waals surface area (Å²) in [5.74, 6) is 0.395. The quantitative estimate of drug-likeness (QED) is 0.374. The Morgan fingerprint density at radius 1 is 0.811 bits per heavy atom. The van der Waals surface area contributed by atoms with E-state index in [1.54, 1.807) is 0 Å². The first kappa shape index (κ1) is 21.9. The summed E-state index contributed by atoms with van der Waals surface area (Å²) in [4.78, 5) is 25.9. The minimum Gasteiger partial charge on any atom is -0.474 e. The van der Waals surface area contributed by atoms with Crippen molar-refractivity contribution in [1.29, 1.82) is 0 Å². The summed E-state index contributed by atoms with van der Waals surface area (Å²) >= 11 is 0. The van der Waals surface area contributed by atoms with Gasteiger partial charge in [0, 0.05) is 11.1 Å². The van der Waals surface area contributed by atoms with Crippen molar-refractivity contribution in [1.82, 2.24) is 9.88 Å². The molecule has 3 aromatic carbocycles. The van der Waals surface area contributed by atoms with Crippen LogP contribution in [-0.4, -0.2) is 34.9 Å². The lowest BCUT2D eigenvalue weighted by atomic mass is 9.95. The first-order chi connectivity index (χ1) is 18.1. The summed E-state index contributed by atoms with van der Waals surface area (Å²) in [6, 6.07) is 31.6. The molecule has 182 valence electrons. The summed E-state index contributed by atoms with van der Waals surface area (Å²) in [5.41, 5.74) is 4.81. The van der Waals surface area contributed by atoms with Crippen molar-refractivity contribution in [3.05, 3.63) is 125 Å². The van der Waals surface area contributed by atoms with Crippen LogP contribution in [0.2, 0.25) is 0 Å². The Bertz CT molecular complexity index is 1540. The molecule has 0 spiro atoms. The number of amides is 1. The number of hydrogen-bond acceptors (Lipinski definition) is 5. The highest BCUT2D eigenvalue weighted by Gasteiger charge is 2.52. The SMILES string of the molecule is C[C@@]12OC[C@@H](c3ccccc3)N1C(=O)c1ccc(C3=N[C@H](c4ccccc4)CO3)nc1-c1ccccc12. The molecule has 0 radical (unpaired) electrons. The molecule has 1 amide bonds. The molecule has 4 heterocycles. The molecule has 1 saturated heterocycles. The number of carbonyl (C=O) groups excluding carboxylic acids is 1. The van der Waals surface area contributed by atoms with Gasteiger partial charge in [-0.1, -0.05) is 84.9 Å². The average Bonchev–Trinajstić information content (AvgIpc) is 3.58. The number of pyridine rings is 1. The van der Waals surface area contributed by atoms with Gasteiger partial charge in [0.1, 0.15) is 18.3 Å². The third kappa shape index (κ3) is 3.40. The van der Waals surface area contributed by atoms with E-state index in [0.717, 1.165) is 22.3 Å². The maximum absolute atomic E-state index is 14.2. The van der Waals surface area contributed by atoms with Crippen molar-refractivity contribution in [2.24, 2.45) is 4.99 Å². The zero-order valence-corrected chi connectivity index (χ0v) is 20.4. The van der Waals surface area contributed by atoms with Gasteiger partial charge in [0.25, 0.3) is 5.91 Å². The number of rotatable bonds is 3. The number of ether oxygens (including phenoxy) is 2. The number of aromatic nitrogens is 1. The second-order valence-electron chi connectivity index (χ2n) is 9.71. The van der Waals surface area contributed by atoms with Crippen LogP contribution >= 0.6 is 0 Å². The molecule has 0 N–H and O–H groups in total. The first-order valence-corrected chi connectivity index (χ1v) is 12.5. The van der Waals surface area contributed by atoms with Gasteiger partial charge in [-0.3, -0.25) is 9.69 Å². The molecular weight excluding hydrogens is 462 g/mol.